The summed E-state index contributed by atoms with van der Waals surface area (Å²) in [5.41, 5.74) is 10.6. The van der Waals surface area contributed by atoms with Gasteiger partial charge in [-0.05, 0) is 47.0 Å². The van der Waals surface area contributed by atoms with Crippen molar-refractivity contribution in [1.82, 2.24) is 16.1 Å². The SMILES string of the molecule is NC[C@H](NC(=O)c1ccc(-c2ccc(NC(=O)CNCc3ccccc3Cl)cc2)cc1)C(=O)NO. The van der Waals surface area contributed by atoms with Crippen LogP contribution in [0.5, 0.6) is 0 Å². The molecule has 9 nitrogen and oxygen atoms in total. The van der Waals surface area contributed by atoms with E-state index >= 15 is 0 Å². The lowest BCUT2D eigenvalue weighted by molar-refractivity contribution is -0.130. The molecule has 0 saturated carbocycles. The van der Waals surface area contributed by atoms with Gasteiger partial charge in [0.25, 0.3) is 11.8 Å². The molecule has 3 aromatic rings. The summed E-state index contributed by atoms with van der Waals surface area (Å²) >= 11 is 6.11. The van der Waals surface area contributed by atoms with Gasteiger partial charge in [0.1, 0.15) is 6.04 Å². The van der Waals surface area contributed by atoms with Gasteiger partial charge in [-0.3, -0.25) is 19.6 Å². The van der Waals surface area contributed by atoms with E-state index in [0.717, 1.165) is 16.7 Å². The second kappa shape index (κ2) is 12.6. The zero-order valence-corrected chi connectivity index (χ0v) is 19.5. The standard InChI is InChI=1S/C25H26ClN5O4/c26-21-4-2-1-3-19(21)14-28-15-23(32)29-20-11-9-17(10-12-20)16-5-7-18(8-6-16)24(33)30-22(13-27)25(34)31-35/h1-12,22,28,35H,13-15,27H2,(H,29,32)(H,30,33)(H,31,34)/t22-/m0/s1. The number of nitrogens with one attached hydrogen (secondary N) is 4. The number of hydrogen-bond donors (Lipinski definition) is 6. The molecule has 7 N–H and O–H groups in total. The van der Waals surface area contributed by atoms with Crippen LogP contribution >= 0.6 is 11.6 Å². The summed E-state index contributed by atoms with van der Waals surface area (Å²) in [6.07, 6.45) is 0. The van der Waals surface area contributed by atoms with Crippen molar-refractivity contribution in [2.75, 3.05) is 18.4 Å². The number of carbonyl (C=O) groups excluding carboxylic acids is 3. The molecule has 0 bridgehead atoms. The van der Waals surface area contributed by atoms with Crippen molar-refractivity contribution in [1.29, 1.82) is 0 Å². The summed E-state index contributed by atoms with van der Waals surface area (Å²) in [6, 6.07) is 20.5. The first-order chi connectivity index (χ1) is 16.9. The average molecular weight is 496 g/mol. The molecular formula is C25H26ClN5O4. The predicted octanol–water partition coefficient (Wildman–Crippen LogP) is 2.30. The molecule has 0 fully saturated rings. The van der Waals surface area contributed by atoms with Crippen LogP contribution in [-0.2, 0) is 16.1 Å². The molecule has 3 aromatic carbocycles. The molecule has 0 heterocycles. The van der Waals surface area contributed by atoms with Gasteiger partial charge in [0.15, 0.2) is 0 Å². The fraction of sp³-hybridized carbons (Fsp3) is 0.160. The van der Waals surface area contributed by atoms with Gasteiger partial charge in [-0.1, -0.05) is 54.1 Å². The molecule has 3 amide bonds. The lowest BCUT2D eigenvalue weighted by Gasteiger charge is -2.14. The van der Waals surface area contributed by atoms with Crippen LogP contribution in [0, 0.1) is 0 Å². The summed E-state index contributed by atoms with van der Waals surface area (Å²) in [5, 5.41) is 17.7. The first-order valence-corrected chi connectivity index (χ1v) is 11.2. The van der Waals surface area contributed by atoms with Crippen molar-refractivity contribution in [3.63, 3.8) is 0 Å². The van der Waals surface area contributed by atoms with Crippen molar-refractivity contribution >= 4 is 35.0 Å². The number of amides is 3. The first-order valence-electron chi connectivity index (χ1n) is 10.8. The molecule has 1 atom stereocenters. The van der Waals surface area contributed by atoms with Crippen LogP contribution in [0.1, 0.15) is 15.9 Å². The van der Waals surface area contributed by atoms with Crippen LogP contribution in [0.3, 0.4) is 0 Å². The molecule has 3 rings (SSSR count). The lowest BCUT2D eigenvalue weighted by atomic mass is 10.0. The Bertz CT molecular complexity index is 1170. The molecule has 35 heavy (non-hydrogen) atoms. The van der Waals surface area contributed by atoms with Gasteiger partial charge in [-0.25, -0.2) is 5.48 Å². The van der Waals surface area contributed by atoms with Crippen molar-refractivity contribution in [3.05, 3.63) is 88.9 Å². The fourth-order valence-electron chi connectivity index (χ4n) is 3.27. The van der Waals surface area contributed by atoms with Gasteiger partial charge in [-0.15, -0.1) is 0 Å². The maximum Gasteiger partial charge on any atom is 0.267 e. The summed E-state index contributed by atoms with van der Waals surface area (Å²) in [5.74, 6) is -1.45. The van der Waals surface area contributed by atoms with Gasteiger partial charge < -0.3 is 21.7 Å². The Morgan fingerprint density at radius 3 is 2.14 bits per heavy atom. The van der Waals surface area contributed by atoms with Gasteiger partial charge in [0, 0.05) is 29.4 Å². The van der Waals surface area contributed by atoms with Crippen LogP contribution in [0.4, 0.5) is 5.69 Å². The van der Waals surface area contributed by atoms with Crippen LogP contribution in [0.15, 0.2) is 72.8 Å². The maximum absolute atomic E-state index is 12.3. The number of rotatable bonds is 10. The molecule has 0 unspecified atom stereocenters. The van der Waals surface area contributed by atoms with E-state index in [2.05, 4.69) is 16.0 Å². The minimum Gasteiger partial charge on any atom is -0.339 e. The monoisotopic (exact) mass is 495 g/mol. The fourth-order valence-corrected chi connectivity index (χ4v) is 3.47. The van der Waals surface area contributed by atoms with E-state index in [9.17, 15) is 14.4 Å². The number of carbonyl (C=O) groups is 3. The Morgan fingerprint density at radius 1 is 0.914 bits per heavy atom. The van der Waals surface area contributed by atoms with E-state index < -0.39 is 17.9 Å². The molecule has 0 aliphatic carbocycles. The summed E-state index contributed by atoms with van der Waals surface area (Å²) in [6.45, 7) is 0.472. The molecular weight excluding hydrogens is 470 g/mol. The van der Waals surface area contributed by atoms with Crippen LogP contribution in [0.25, 0.3) is 11.1 Å². The first kappa shape index (κ1) is 25.9. The minimum atomic E-state index is -1.04. The molecule has 0 aliphatic heterocycles. The quantitative estimate of drug-likeness (QED) is 0.188. The van der Waals surface area contributed by atoms with Crippen LogP contribution < -0.4 is 27.2 Å². The third-order valence-electron chi connectivity index (χ3n) is 5.18. The highest BCUT2D eigenvalue weighted by Crippen LogP contribution is 2.22. The summed E-state index contributed by atoms with van der Waals surface area (Å²) in [4.78, 5) is 36.0. The Balaban J connectivity index is 1.52. The van der Waals surface area contributed by atoms with E-state index in [1.54, 1.807) is 42.5 Å². The molecule has 0 spiro atoms. The molecule has 0 aliphatic rings. The van der Waals surface area contributed by atoms with Crippen molar-refractivity contribution in [3.8, 4) is 11.1 Å². The van der Waals surface area contributed by atoms with Crippen molar-refractivity contribution in [2.24, 2.45) is 5.73 Å². The third-order valence-corrected chi connectivity index (χ3v) is 5.54. The summed E-state index contributed by atoms with van der Waals surface area (Å²) < 4.78 is 0. The van der Waals surface area contributed by atoms with E-state index in [0.29, 0.717) is 22.8 Å². The zero-order valence-electron chi connectivity index (χ0n) is 18.8. The highest BCUT2D eigenvalue weighted by atomic mass is 35.5. The Morgan fingerprint density at radius 2 is 1.54 bits per heavy atom. The number of benzene rings is 3. The van der Waals surface area contributed by atoms with Gasteiger partial charge in [0.2, 0.25) is 5.91 Å². The van der Waals surface area contributed by atoms with E-state index in [-0.39, 0.29) is 19.0 Å². The predicted molar refractivity (Wildman–Crippen MR) is 134 cm³/mol. The van der Waals surface area contributed by atoms with E-state index in [1.807, 2.05) is 30.3 Å². The van der Waals surface area contributed by atoms with Crippen molar-refractivity contribution in [2.45, 2.75) is 12.6 Å². The van der Waals surface area contributed by atoms with E-state index in [1.165, 1.54) is 5.48 Å². The minimum absolute atomic E-state index is 0.140. The summed E-state index contributed by atoms with van der Waals surface area (Å²) in [7, 11) is 0. The Kier molecular flexibility index (Phi) is 9.33. The molecule has 0 aromatic heterocycles. The number of hydroxylamine groups is 1. The Hall–Kier alpha value is -3.76. The number of halogens is 1. The molecule has 0 radical (unpaired) electrons. The normalized spacial score (nSPS) is 11.4. The largest absolute Gasteiger partial charge is 0.339 e. The lowest BCUT2D eigenvalue weighted by Crippen LogP contribution is -2.50. The van der Waals surface area contributed by atoms with E-state index in [4.69, 9.17) is 22.5 Å². The topological polar surface area (TPSA) is 146 Å². The van der Waals surface area contributed by atoms with Gasteiger partial charge in [-0.2, -0.15) is 0 Å². The molecule has 182 valence electrons. The average Bonchev–Trinajstić information content (AvgIpc) is 2.88. The second-order valence-electron chi connectivity index (χ2n) is 7.64. The highest BCUT2D eigenvalue weighted by Gasteiger charge is 2.19. The van der Waals surface area contributed by atoms with Crippen molar-refractivity contribution < 1.29 is 19.6 Å². The zero-order chi connectivity index (χ0) is 25.2. The number of hydrogen-bond acceptors (Lipinski definition) is 6. The third kappa shape index (κ3) is 7.36. The molecule has 10 heteroatoms. The number of anilines is 1. The number of nitrogens with two attached hydrogens (primary N) is 1. The van der Waals surface area contributed by atoms with Crippen LogP contribution in [-0.4, -0.2) is 42.1 Å². The van der Waals surface area contributed by atoms with Gasteiger partial charge in [0.05, 0.1) is 6.54 Å². The Labute approximate surface area is 207 Å². The highest BCUT2D eigenvalue weighted by molar-refractivity contribution is 6.31. The van der Waals surface area contributed by atoms with Gasteiger partial charge >= 0.3 is 0 Å². The molecule has 0 saturated heterocycles. The maximum atomic E-state index is 12.3. The second-order valence-corrected chi connectivity index (χ2v) is 8.04. The van der Waals surface area contributed by atoms with Crippen LogP contribution in [0.2, 0.25) is 5.02 Å². The smallest absolute Gasteiger partial charge is 0.267 e.